The summed E-state index contributed by atoms with van der Waals surface area (Å²) in [6.45, 7) is 3.82. The molecule has 5 atom stereocenters. The topological polar surface area (TPSA) is 0 Å². The fourth-order valence-electron chi connectivity index (χ4n) is 3.77. The lowest BCUT2D eigenvalue weighted by Gasteiger charge is -2.25. The summed E-state index contributed by atoms with van der Waals surface area (Å²) in [4.78, 5) is 0. The Balaban J connectivity index is 1.76. The zero-order valence-corrected chi connectivity index (χ0v) is 8.60. The Hall–Kier alpha value is -0.780. The Morgan fingerprint density at radius 3 is 2.86 bits per heavy atom. The van der Waals surface area contributed by atoms with Crippen LogP contribution >= 0.6 is 0 Å². The highest BCUT2D eigenvalue weighted by atomic mass is 14.5. The largest absolute Gasteiger partial charge is 0.103 e. The molecule has 0 heteroatoms. The first-order chi connectivity index (χ1) is 6.90. The third kappa shape index (κ3) is 1.06. The van der Waals surface area contributed by atoms with E-state index < -0.39 is 0 Å². The molecule has 0 heterocycles. The van der Waals surface area contributed by atoms with Gasteiger partial charge in [0.25, 0.3) is 0 Å². The molecule has 0 amide bonds. The van der Waals surface area contributed by atoms with Gasteiger partial charge in [0, 0.05) is 0 Å². The Labute approximate surface area is 86.4 Å². The SMILES string of the molecule is C=CCCC1C=CC2C3C=CC(C3)C12. The molecule has 5 unspecified atom stereocenters. The van der Waals surface area contributed by atoms with Crippen LogP contribution in [0.5, 0.6) is 0 Å². The second-order valence-corrected chi connectivity index (χ2v) is 5.02. The quantitative estimate of drug-likeness (QED) is 0.591. The van der Waals surface area contributed by atoms with E-state index in [9.17, 15) is 0 Å². The van der Waals surface area contributed by atoms with Crippen LogP contribution in [0, 0.1) is 29.6 Å². The van der Waals surface area contributed by atoms with Crippen molar-refractivity contribution in [3.8, 4) is 0 Å². The van der Waals surface area contributed by atoms with Crippen LogP contribution in [0.2, 0.25) is 0 Å². The van der Waals surface area contributed by atoms with Crippen molar-refractivity contribution in [2.45, 2.75) is 19.3 Å². The first-order valence-electron chi connectivity index (χ1n) is 5.87. The Bertz CT molecular complexity index is 297. The zero-order valence-electron chi connectivity index (χ0n) is 8.60. The summed E-state index contributed by atoms with van der Waals surface area (Å²) in [5.74, 6) is 4.47. The lowest BCUT2D eigenvalue weighted by atomic mass is 9.78. The van der Waals surface area contributed by atoms with Gasteiger partial charge >= 0.3 is 0 Å². The molecule has 1 fully saturated rings. The van der Waals surface area contributed by atoms with Gasteiger partial charge in [-0.2, -0.15) is 0 Å². The second kappa shape index (κ2) is 3.12. The Morgan fingerprint density at radius 1 is 1.14 bits per heavy atom. The van der Waals surface area contributed by atoms with Crippen LogP contribution in [-0.4, -0.2) is 0 Å². The maximum absolute atomic E-state index is 3.82. The van der Waals surface area contributed by atoms with Crippen molar-refractivity contribution in [3.05, 3.63) is 37.0 Å². The average Bonchev–Trinajstić information content (AvgIpc) is 2.87. The van der Waals surface area contributed by atoms with Crippen LogP contribution in [0.1, 0.15) is 19.3 Å². The first kappa shape index (κ1) is 8.52. The minimum atomic E-state index is 0.845. The minimum absolute atomic E-state index is 0.845. The van der Waals surface area contributed by atoms with Crippen molar-refractivity contribution in [1.82, 2.24) is 0 Å². The van der Waals surface area contributed by atoms with Gasteiger partial charge in [0.1, 0.15) is 0 Å². The zero-order chi connectivity index (χ0) is 9.54. The first-order valence-corrected chi connectivity index (χ1v) is 5.87. The van der Waals surface area contributed by atoms with Crippen molar-refractivity contribution in [2.75, 3.05) is 0 Å². The van der Waals surface area contributed by atoms with Gasteiger partial charge in [0.2, 0.25) is 0 Å². The molecular formula is C14H18. The highest BCUT2D eigenvalue weighted by Gasteiger charge is 2.48. The molecule has 3 aliphatic rings. The lowest BCUT2D eigenvalue weighted by molar-refractivity contribution is 0.298. The third-order valence-corrected chi connectivity index (χ3v) is 4.36. The number of hydrogen-bond acceptors (Lipinski definition) is 0. The van der Waals surface area contributed by atoms with Crippen LogP contribution in [0.3, 0.4) is 0 Å². The van der Waals surface area contributed by atoms with E-state index in [2.05, 4.69) is 37.0 Å². The molecule has 0 spiro atoms. The van der Waals surface area contributed by atoms with Gasteiger partial charge in [-0.05, 0) is 48.9 Å². The summed E-state index contributed by atoms with van der Waals surface area (Å²) in [7, 11) is 0. The molecule has 0 nitrogen and oxygen atoms in total. The van der Waals surface area contributed by atoms with Gasteiger partial charge in [-0.3, -0.25) is 0 Å². The normalized spacial score (nSPS) is 47.3. The third-order valence-electron chi connectivity index (χ3n) is 4.36. The maximum atomic E-state index is 3.82. The molecule has 14 heavy (non-hydrogen) atoms. The van der Waals surface area contributed by atoms with E-state index in [1.807, 2.05) is 0 Å². The molecule has 3 aliphatic carbocycles. The van der Waals surface area contributed by atoms with Crippen LogP contribution in [-0.2, 0) is 0 Å². The minimum Gasteiger partial charge on any atom is -0.103 e. The molecule has 2 bridgehead atoms. The average molecular weight is 186 g/mol. The number of fused-ring (bicyclic) bond motifs is 5. The summed E-state index contributed by atoms with van der Waals surface area (Å²) >= 11 is 0. The molecule has 3 rings (SSSR count). The lowest BCUT2D eigenvalue weighted by Crippen LogP contribution is -2.20. The van der Waals surface area contributed by atoms with Gasteiger partial charge in [-0.25, -0.2) is 0 Å². The van der Waals surface area contributed by atoms with Gasteiger partial charge in [0.15, 0.2) is 0 Å². The summed E-state index contributed by atoms with van der Waals surface area (Å²) < 4.78 is 0. The van der Waals surface area contributed by atoms with E-state index in [1.165, 1.54) is 19.3 Å². The van der Waals surface area contributed by atoms with Gasteiger partial charge in [-0.15, -0.1) is 6.58 Å². The van der Waals surface area contributed by atoms with E-state index >= 15 is 0 Å². The molecular weight excluding hydrogens is 168 g/mol. The van der Waals surface area contributed by atoms with Gasteiger partial charge in [-0.1, -0.05) is 30.4 Å². The highest BCUT2D eigenvalue weighted by Crippen LogP contribution is 2.55. The standard InChI is InChI=1S/C14H18/c1-2-3-4-10-7-8-13-11-5-6-12(9-11)14(10)13/h2,5-8,10-14H,1,3-4,9H2. The summed E-state index contributed by atoms with van der Waals surface area (Å²) in [5.41, 5.74) is 0. The monoisotopic (exact) mass is 186 g/mol. The number of rotatable bonds is 3. The molecule has 0 aromatic carbocycles. The van der Waals surface area contributed by atoms with Crippen molar-refractivity contribution in [1.29, 1.82) is 0 Å². The summed E-state index contributed by atoms with van der Waals surface area (Å²) in [6.07, 6.45) is 15.9. The second-order valence-electron chi connectivity index (χ2n) is 5.02. The van der Waals surface area contributed by atoms with Crippen LogP contribution in [0.25, 0.3) is 0 Å². The van der Waals surface area contributed by atoms with E-state index in [0.29, 0.717) is 0 Å². The smallest absolute Gasteiger partial charge is 0.0131 e. The molecule has 74 valence electrons. The van der Waals surface area contributed by atoms with Crippen LogP contribution in [0.4, 0.5) is 0 Å². The van der Waals surface area contributed by atoms with Crippen LogP contribution < -0.4 is 0 Å². The molecule has 1 saturated carbocycles. The van der Waals surface area contributed by atoms with E-state index in [-0.39, 0.29) is 0 Å². The van der Waals surface area contributed by atoms with Crippen molar-refractivity contribution in [2.24, 2.45) is 29.6 Å². The molecule has 0 aliphatic heterocycles. The molecule has 0 aromatic rings. The fourth-order valence-corrected chi connectivity index (χ4v) is 3.77. The van der Waals surface area contributed by atoms with Gasteiger partial charge in [0.05, 0.1) is 0 Å². The molecule has 0 radical (unpaired) electrons. The van der Waals surface area contributed by atoms with Crippen molar-refractivity contribution >= 4 is 0 Å². The summed E-state index contributed by atoms with van der Waals surface area (Å²) in [6, 6.07) is 0. The maximum Gasteiger partial charge on any atom is -0.0131 e. The molecule has 0 saturated heterocycles. The van der Waals surface area contributed by atoms with E-state index in [1.54, 1.807) is 0 Å². The molecule has 0 N–H and O–H groups in total. The van der Waals surface area contributed by atoms with E-state index in [0.717, 1.165) is 29.6 Å². The predicted molar refractivity (Wildman–Crippen MR) is 59.8 cm³/mol. The van der Waals surface area contributed by atoms with Crippen molar-refractivity contribution < 1.29 is 0 Å². The molecule has 0 aromatic heterocycles. The Kier molecular flexibility index (Phi) is 1.90. The van der Waals surface area contributed by atoms with E-state index in [4.69, 9.17) is 0 Å². The van der Waals surface area contributed by atoms with Crippen molar-refractivity contribution in [3.63, 3.8) is 0 Å². The van der Waals surface area contributed by atoms with Gasteiger partial charge < -0.3 is 0 Å². The number of hydrogen-bond donors (Lipinski definition) is 0. The predicted octanol–water partition coefficient (Wildman–Crippen LogP) is 3.58. The highest BCUT2D eigenvalue weighted by molar-refractivity contribution is 5.24. The summed E-state index contributed by atoms with van der Waals surface area (Å²) in [5, 5.41) is 0. The number of allylic oxidation sites excluding steroid dienone is 5. The fraction of sp³-hybridized carbons (Fsp3) is 0.571. The van der Waals surface area contributed by atoms with Crippen LogP contribution in [0.15, 0.2) is 37.0 Å². The Morgan fingerprint density at radius 2 is 2.00 bits per heavy atom.